The third-order valence-electron chi connectivity index (χ3n) is 5.89. The van der Waals surface area contributed by atoms with E-state index in [4.69, 9.17) is 23.1 Å². The van der Waals surface area contributed by atoms with Crippen molar-refractivity contribution in [1.82, 2.24) is 19.5 Å². The van der Waals surface area contributed by atoms with Crippen LogP contribution in [0.5, 0.6) is 0 Å². The summed E-state index contributed by atoms with van der Waals surface area (Å²) in [7, 11) is 0. The molecule has 0 fully saturated rings. The lowest BCUT2D eigenvalue weighted by molar-refractivity contribution is -0.0487. The average molecular weight is 437 g/mol. The molecule has 5 rings (SSSR count). The van der Waals surface area contributed by atoms with E-state index in [1.807, 2.05) is 30.5 Å². The summed E-state index contributed by atoms with van der Waals surface area (Å²) < 4.78 is 1.80. The zero-order chi connectivity index (χ0) is 21.8. The largest absolute Gasteiger partial charge is 0.387 e. The van der Waals surface area contributed by atoms with Gasteiger partial charge in [-0.15, -0.1) is 0 Å². The van der Waals surface area contributed by atoms with Crippen molar-refractivity contribution >= 4 is 45.3 Å². The number of hydrogen-bond donors (Lipinski definition) is 4. The van der Waals surface area contributed by atoms with Gasteiger partial charge in [0.05, 0.1) is 16.6 Å². The van der Waals surface area contributed by atoms with Crippen LogP contribution in [-0.2, 0) is 6.42 Å². The van der Waals surface area contributed by atoms with E-state index in [0.717, 1.165) is 21.9 Å². The first kappa shape index (κ1) is 19.7. The molecule has 1 aliphatic carbocycles. The molecule has 31 heavy (non-hydrogen) atoms. The number of rotatable bonds is 4. The van der Waals surface area contributed by atoms with Gasteiger partial charge in [0.1, 0.15) is 23.2 Å². The Bertz CT molecular complexity index is 1340. The van der Waals surface area contributed by atoms with E-state index in [1.54, 1.807) is 29.0 Å². The van der Waals surface area contributed by atoms with Gasteiger partial charge in [-0.2, -0.15) is 4.98 Å². The SMILES string of the molecule is Nc1ncc2ccn(C3C=CC(O)(CCc4ccc5cc(Cl)c(N)nc5c4)C3O)c2n1. The van der Waals surface area contributed by atoms with Crippen LogP contribution in [0.15, 0.2) is 54.9 Å². The standard InChI is InChI=1S/C22H21ClN6O2/c23-15-10-13-2-1-12(9-16(13)27-19(15)24)3-6-22(31)7-4-17(18(22)30)29-8-5-14-11-26-21(25)28-20(14)29/h1-2,4-5,7-11,17-18,30-31H,3,6H2,(H2,24,27)(H2,25,26,28). The molecule has 6 N–H and O–H groups in total. The van der Waals surface area contributed by atoms with Crippen molar-refractivity contribution in [2.45, 2.75) is 30.6 Å². The number of fused-ring (bicyclic) bond motifs is 2. The summed E-state index contributed by atoms with van der Waals surface area (Å²) in [6, 6.07) is 8.98. The summed E-state index contributed by atoms with van der Waals surface area (Å²) in [5.74, 6) is 0.441. The Morgan fingerprint density at radius 3 is 2.81 bits per heavy atom. The maximum absolute atomic E-state index is 11.2. The number of nitrogen functional groups attached to an aromatic ring is 2. The Morgan fingerprint density at radius 2 is 1.97 bits per heavy atom. The molecular formula is C22H21ClN6O2. The summed E-state index contributed by atoms with van der Waals surface area (Å²) >= 11 is 6.04. The first-order chi connectivity index (χ1) is 14.8. The number of nitrogens with two attached hydrogens (primary N) is 2. The van der Waals surface area contributed by atoms with Crippen molar-refractivity contribution < 1.29 is 10.2 Å². The van der Waals surface area contributed by atoms with Gasteiger partial charge in [0, 0.05) is 23.2 Å². The van der Waals surface area contributed by atoms with Crippen molar-refractivity contribution in [2.75, 3.05) is 11.5 Å². The number of aryl methyl sites for hydroxylation is 1. The third kappa shape index (κ3) is 3.38. The van der Waals surface area contributed by atoms with Gasteiger partial charge in [0.2, 0.25) is 5.95 Å². The van der Waals surface area contributed by atoms with Crippen LogP contribution >= 0.6 is 11.6 Å². The number of benzene rings is 1. The number of aliphatic hydroxyl groups excluding tert-OH is 1. The lowest BCUT2D eigenvalue weighted by Crippen LogP contribution is -2.41. The number of halogens is 1. The van der Waals surface area contributed by atoms with Gasteiger partial charge in [-0.1, -0.05) is 35.9 Å². The number of hydrogen-bond acceptors (Lipinski definition) is 7. The van der Waals surface area contributed by atoms with E-state index in [2.05, 4.69) is 15.0 Å². The number of aromatic nitrogens is 4. The van der Waals surface area contributed by atoms with Crippen molar-refractivity contribution in [3.05, 3.63) is 65.5 Å². The molecule has 3 unspecified atom stereocenters. The third-order valence-corrected chi connectivity index (χ3v) is 6.19. The summed E-state index contributed by atoms with van der Waals surface area (Å²) in [4.78, 5) is 12.6. The van der Waals surface area contributed by atoms with E-state index < -0.39 is 17.7 Å². The summed E-state index contributed by atoms with van der Waals surface area (Å²) in [6.07, 6.45) is 6.76. The minimum atomic E-state index is -1.37. The number of nitrogens with zero attached hydrogens (tertiary/aromatic N) is 4. The fourth-order valence-electron chi connectivity index (χ4n) is 4.13. The van der Waals surface area contributed by atoms with Gasteiger partial charge >= 0.3 is 0 Å². The maximum Gasteiger partial charge on any atom is 0.221 e. The molecule has 3 heterocycles. The Morgan fingerprint density at radius 1 is 1.13 bits per heavy atom. The summed E-state index contributed by atoms with van der Waals surface area (Å²) in [5.41, 5.74) is 12.5. The summed E-state index contributed by atoms with van der Waals surface area (Å²) in [5, 5.41) is 24.2. The summed E-state index contributed by atoms with van der Waals surface area (Å²) in [6.45, 7) is 0. The Labute approximate surface area is 182 Å². The van der Waals surface area contributed by atoms with E-state index in [9.17, 15) is 10.2 Å². The van der Waals surface area contributed by atoms with E-state index >= 15 is 0 Å². The van der Waals surface area contributed by atoms with Crippen LogP contribution in [0.4, 0.5) is 11.8 Å². The highest BCUT2D eigenvalue weighted by atomic mass is 35.5. The van der Waals surface area contributed by atoms with Gasteiger partial charge in [-0.25, -0.2) is 9.97 Å². The molecule has 3 aromatic heterocycles. The first-order valence-electron chi connectivity index (χ1n) is 9.87. The molecule has 158 valence electrons. The molecule has 3 atom stereocenters. The zero-order valence-electron chi connectivity index (χ0n) is 16.5. The van der Waals surface area contributed by atoms with Crippen LogP contribution in [0, 0.1) is 0 Å². The van der Waals surface area contributed by atoms with Gasteiger partial charge in [0.15, 0.2) is 0 Å². The molecule has 4 aromatic rings. The maximum atomic E-state index is 11.2. The lowest BCUT2D eigenvalue weighted by atomic mass is 9.91. The lowest BCUT2D eigenvalue weighted by Gasteiger charge is -2.29. The highest BCUT2D eigenvalue weighted by molar-refractivity contribution is 6.33. The van der Waals surface area contributed by atoms with Gasteiger partial charge < -0.3 is 26.2 Å². The monoisotopic (exact) mass is 436 g/mol. The highest BCUT2D eigenvalue weighted by Crippen LogP contribution is 2.37. The second-order valence-corrected chi connectivity index (χ2v) is 8.31. The molecule has 1 aliphatic rings. The topological polar surface area (TPSA) is 136 Å². The average Bonchev–Trinajstić information content (AvgIpc) is 3.28. The second-order valence-electron chi connectivity index (χ2n) is 7.90. The Hall–Kier alpha value is -3.20. The van der Waals surface area contributed by atoms with Gasteiger partial charge in [-0.05, 0) is 36.6 Å². The predicted octanol–water partition coefficient (Wildman–Crippen LogP) is 2.63. The second kappa shape index (κ2) is 7.19. The van der Waals surface area contributed by atoms with Crippen molar-refractivity contribution in [1.29, 1.82) is 0 Å². The molecule has 0 spiro atoms. The van der Waals surface area contributed by atoms with Crippen LogP contribution < -0.4 is 11.5 Å². The Balaban J connectivity index is 1.36. The van der Waals surface area contributed by atoms with Crippen LogP contribution in [-0.4, -0.2) is 41.4 Å². The molecular weight excluding hydrogens is 416 g/mol. The van der Waals surface area contributed by atoms with E-state index in [-0.39, 0.29) is 11.8 Å². The molecule has 0 radical (unpaired) electrons. The minimum Gasteiger partial charge on any atom is -0.387 e. The fraction of sp³-hybridized carbons (Fsp3) is 0.227. The van der Waals surface area contributed by atoms with Crippen molar-refractivity contribution in [3.8, 4) is 0 Å². The molecule has 0 amide bonds. The number of aliphatic hydroxyl groups is 2. The van der Waals surface area contributed by atoms with Gasteiger partial charge in [-0.3, -0.25) is 0 Å². The predicted molar refractivity (Wildman–Crippen MR) is 121 cm³/mol. The van der Waals surface area contributed by atoms with Crippen molar-refractivity contribution in [2.24, 2.45) is 0 Å². The Kier molecular flexibility index (Phi) is 4.58. The quantitative estimate of drug-likeness (QED) is 0.361. The normalized spacial score (nSPS) is 23.2. The number of anilines is 2. The van der Waals surface area contributed by atoms with Crippen LogP contribution in [0.3, 0.4) is 0 Å². The molecule has 0 aliphatic heterocycles. The van der Waals surface area contributed by atoms with Crippen LogP contribution in [0.1, 0.15) is 18.0 Å². The van der Waals surface area contributed by atoms with E-state index in [0.29, 0.717) is 23.5 Å². The molecule has 0 saturated carbocycles. The smallest absolute Gasteiger partial charge is 0.221 e. The minimum absolute atomic E-state index is 0.158. The molecule has 0 bridgehead atoms. The molecule has 1 aromatic carbocycles. The van der Waals surface area contributed by atoms with Crippen molar-refractivity contribution in [3.63, 3.8) is 0 Å². The van der Waals surface area contributed by atoms with E-state index in [1.165, 1.54) is 0 Å². The van der Waals surface area contributed by atoms with Gasteiger partial charge in [0.25, 0.3) is 0 Å². The first-order valence-corrected chi connectivity index (χ1v) is 10.3. The van der Waals surface area contributed by atoms with Crippen LogP contribution in [0.2, 0.25) is 5.02 Å². The fourth-order valence-corrected chi connectivity index (χ4v) is 4.29. The number of pyridine rings is 1. The molecule has 9 heteroatoms. The van der Waals surface area contributed by atoms with Crippen LogP contribution in [0.25, 0.3) is 21.9 Å². The molecule has 0 saturated heterocycles. The zero-order valence-corrected chi connectivity index (χ0v) is 17.2. The highest BCUT2D eigenvalue weighted by Gasteiger charge is 2.43. The molecule has 8 nitrogen and oxygen atoms in total.